The summed E-state index contributed by atoms with van der Waals surface area (Å²) in [7, 11) is 0. The molecular formula is C17H22N2OS2. The third kappa shape index (κ3) is 4.44. The van der Waals surface area contributed by atoms with Crippen molar-refractivity contribution in [2.45, 2.75) is 43.0 Å². The van der Waals surface area contributed by atoms with Gasteiger partial charge >= 0.3 is 0 Å². The van der Waals surface area contributed by atoms with E-state index in [-0.39, 0.29) is 11.3 Å². The highest BCUT2D eigenvalue weighted by molar-refractivity contribution is 8.00. The second-order valence-electron chi connectivity index (χ2n) is 6.61. The number of nitrogens with one attached hydrogen (secondary N) is 1. The minimum Gasteiger partial charge on any atom is -0.336 e. The summed E-state index contributed by atoms with van der Waals surface area (Å²) in [4.78, 5) is 13.1. The maximum Gasteiger partial charge on any atom is 0.231 e. The van der Waals surface area contributed by atoms with Gasteiger partial charge in [0.15, 0.2) is 0 Å². The maximum absolute atomic E-state index is 12.1. The average Bonchev–Trinajstić information content (AvgIpc) is 2.94. The van der Waals surface area contributed by atoms with Crippen molar-refractivity contribution in [2.24, 2.45) is 0 Å². The SMILES string of the molecule is CC(C)(C)c1ccc(SCC(=O)NC2(C#N)CCSC2)cc1. The minimum atomic E-state index is -0.654. The number of carbonyl (C=O) groups excluding carboxylic acids is 1. The molecule has 1 amide bonds. The van der Waals surface area contributed by atoms with E-state index in [4.69, 9.17) is 0 Å². The molecule has 1 aromatic carbocycles. The predicted molar refractivity (Wildman–Crippen MR) is 94.3 cm³/mol. The summed E-state index contributed by atoms with van der Waals surface area (Å²) in [6, 6.07) is 10.6. The summed E-state index contributed by atoms with van der Waals surface area (Å²) in [6.45, 7) is 6.55. The number of amides is 1. The van der Waals surface area contributed by atoms with E-state index in [2.05, 4.69) is 56.4 Å². The molecule has 1 aromatic rings. The highest BCUT2D eigenvalue weighted by atomic mass is 32.2. The molecule has 1 heterocycles. The van der Waals surface area contributed by atoms with Crippen molar-refractivity contribution in [3.05, 3.63) is 29.8 Å². The van der Waals surface area contributed by atoms with Gasteiger partial charge in [-0.1, -0.05) is 32.9 Å². The van der Waals surface area contributed by atoms with E-state index in [1.165, 1.54) is 17.3 Å². The first kappa shape index (κ1) is 17.2. The van der Waals surface area contributed by atoms with Crippen LogP contribution >= 0.6 is 23.5 Å². The number of carbonyl (C=O) groups is 1. The zero-order valence-corrected chi connectivity index (χ0v) is 14.9. The van der Waals surface area contributed by atoms with Gasteiger partial charge in [-0.25, -0.2) is 0 Å². The molecule has 0 bridgehead atoms. The fourth-order valence-corrected chi connectivity index (χ4v) is 4.25. The normalized spacial score (nSPS) is 21.4. The highest BCUT2D eigenvalue weighted by Crippen LogP contribution is 2.28. The second-order valence-corrected chi connectivity index (χ2v) is 8.76. The molecule has 1 aliphatic rings. The van der Waals surface area contributed by atoms with Gasteiger partial charge in [-0.05, 0) is 35.3 Å². The van der Waals surface area contributed by atoms with E-state index >= 15 is 0 Å². The summed E-state index contributed by atoms with van der Waals surface area (Å²) < 4.78 is 0. The van der Waals surface area contributed by atoms with Gasteiger partial charge in [-0.2, -0.15) is 17.0 Å². The van der Waals surface area contributed by atoms with Crippen molar-refractivity contribution in [2.75, 3.05) is 17.3 Å². The Labute approximate surface area is 141 Å². The standard InChI is InChI=1S/C17H22N2OS2/c1-16(2,3)13-4-6-14(7-5-13)22-10-15(20)19-17(11-18)8-9-21-12-17/h4-7H,8-10,12H2,1-3H3,(H,19,20). The second kappa shape index (κ2) is 6.97. The molecule has 0 aromatic heterocycles. The van der Waals surface area contributed by atoms with Crippen LogP contribution in [0.25, 0.3) is 0 Å². The topological polar surface area (TPSA) is 52.9 Å². The number of nitriles is 1. The Bertz CT molecular complexity index is 564. The largest absolute Gasteiger partial charge is 0.336 e. The van der Waals surface area contributed by atoms with Crippen LogP contribution in [0.4, 0.5) is 0 Å². The van der Waals surface area contributed by atoms with E-state index in [0.29, 0.717) is 11.5 Å². The number of thioether (sulfide) groups is 2. The fourth-order valence-electron chi connectivity index (χ4n) is 2.28. The third-order valence-corrected chi connectivity index (χ3v) is 5.91. The Kier molecular flexibility index (Phi) is 5.46. The van der Waals surface area contributed by atoms with Gasteiger partial charge in [0.2, 0.25) is 5.91 Å². The van der Waals surface area contributed by atoms with Gasteiger partial charge < -0.3 is 5.32 Å². The van der Waals surface area contributed by atoms with Gasteiger partial charge in [-0.3, -0.25) is 4.79 Å². The van der Waals surface area contributed by atoms with Gasteiger partial charge in [0.25, 0.3) is 0 Å². The van der Waals surface area contributed by atoms with Crippen LogP contribution in [0.2, 0.25) is 0 Å². The van der Waals surface area contributed by atoms with E-state index < -0.39 is 5.54 Å². The summed E-state index contributed by atoms with van der Waals surface area (Å²) in [5, 5.41) is 12.2. The van der Waals surface area contributed by atoms with Gasteiger partial charge in [-0.15, -0.1) is 11.8 Å². The number of benzene rings is 1. The Morgan fingerprint density at radius 3 is 2.59 bits per heavy atom. The Hall–Kier alpha value is -1.12. The quantitative estimate of drug-likeness (QED) is 0.855. The fraction of sp³-hybridized carbons (Fsp3) is 0.529. The zero-order valence-electron chi connectivity index (χ0n) is 13.3. The van der Waals surface area contributed by atoms with Crippen LogP contribution in [0.3, 0.4) is 0 Å². The van der Waals surface area contributed by atoms with Crippen LogP contribution in [-0.2, 0) is 10.2 Å². The lowest BCUT2D eigenvalue weighted by atomic mass is 9.87. The number of rotatable bonds is 4. The molecular weight excluding hydrogens is 312 g/mol. The molecule has 2 rings (SSSR count). The summed E-state index contributed by atoms with van der Waals surface area (Å²) in [6.07, 6.45) is 0.741. The van der Waals surface area contributed by atoms with Crippen LogP contribution in [0, 0.1) is 11.3 Å². The van der Waals surface area contributed by atoms with Crippen LogP contribution in [-0.4, -0.2) is 28.7 Å². The van der Waals surface area contributed by atoms with E-state index in [1.807, 2.05) is 0 Å². The summed E-state index contributed by atoms with van der Waals surface area (Å²) in [5.41, 5.74) is 0.769. The molecule has 0 spiro atoms. The van der Waals surface area contributed by atoms with Crippen LogP contribution in [0.15, 0.2) is 29.2 Å². The molecule has 0 saturated carbocycles. The first-order valence-electron chi connectivity index (χ1n) is 7.38. The van der Waals surface area contributed by atoms with E-state index in [1.54, 1.807) is 11.8 Å². The lowest BCUT2D eigenvalue weighted by molar-refractivity contribution is -0.119. The molecule has 22 heavy (non-hydrogen) atoms. The van der Waals surface area contributed by atoms with Gasteiger partial charge in [0, 0.05) is 10.6 Å². The van der Waals surface area contributed by atoms with E-state index in [9.17, 15) is 10.1 Å². The lowest BCUT2D eigenvalue weighted by Crippen LogP contribution is -2.48. The molecule has 5 heteroatoms. The summed E-state index contributed by atoms with van der Waals surface area (Å²) >= 11 is 3.23. The molecule has 118 valence electrons. The van der Waals surface area contributed by atoms with Crippen molar-refractivity contribution < 1.29 is 4.79 Å². The van der Waals surface area contributed by atoms with Crippen molar-refractivity contribution in [1.29, 1.82) is 5.26 Å². The Morgan fingerprint density at radius 1 is 1.41 bits per heavy atom. The Balaban J connectivity index is 1.87. The number of hydrogen-bond donors (Lipinski definition) is 1. The number of nitrogens with zero attached hydrogens (tertiary/aromatic N) is 1. The first-order valence-corrected chi connectivity index (χ1v) is 9.52. The zero-order chi connectivity index (χ0) is 16.2. The maximum atomic E-state index is 12.1. The van der Waals surface area contributed by atoms with Crippen molar-refractivity contribution in [1.82, 2.24) is 5.32 Å². The van der Waals surface area contributed by atoms with Gasteiger partial charge in [0.05, 0.1) is 11.8 Å². The molecule has 1 fully saturated rings. The molecule has 0 aliphatic carbocycles. The molecule has 0 radical (unpaired) electrons. The van der Waals surface area contributed by atoms with Crippen molar-refractivity contribution >= 4 is 29.4 Å². The monoisotopic (exact) mass is 334 g/mol. The van der Waals surface area contributed by atoms with E-state index in [0.717, 1.165) is 17.1 Å². The molecule has 1 unspecified atom stereocenters. The molecule has 1 saturated heterocycles. The van der Waals surface area contributed by atoms with Crippen molar-refractivity contribution in [3.63, 3.8) is 0 Å². The number of hydrogen-bond acceptors (Lipinski definition) is 4. The smallest absolute Gasteiger partial charge is 0.231 e. The van der Waals surface area contributed by atoms with Crippen LogP contribution in [0.1, 0.15) is 32.8 Å². The molecule has 3 nitrogen and oxygen atoms in total. The molecule has 1 atom stereocenters. The Morgan fingerprint density at radius 2 is 2.09 bits per heavy atom. The first-order chi connectivity index (χ1) is 10.3. The van der Waals surface area contributed by atoms with Gasteiger partial charge in [0.1, 0.15) is 5.54 Å². The molecule has 1 N–H and O–H groups in total. The van der Waals surface area contributed by atoms with Crippen LogP contribution < -0.4 is 5.32 Å². The molecule has 1 aliphatic heterocycles. The lowest BCUT2D eigenvalue weighted by Gasteiger charge is -2.21. The third-order valence-electron chi connectivity index (χ3n) is 3.70. The average molecular weight is 335 g/mol. The van der Waals surface area contributed by atoms with Crippen LogP contribution in [0.5, 0.6) is 0 Å². The highest BCUT2D eigenvalue weighted by Gasteiger charge is 2.35. The minimum absolute atomic E-state index is 0.0612. The van der Waals surface area contributed by atoms with Crippen molar-refractivity contribution in [3.8, 4) is 6.07 Å². The predicted octanol–water partition coefficient (Wildman–Crippen LogP) is 3.59. The summed E-state index contributed by atoms with van der Waals surface area (Å²) in [5.74, 6) is 1.92.